The van der Waals surface area contributed by atoms with Gasteiger partial charge in [0.05, 0.1) is 13.2 Å². The van der Waals surface area contributed by atoms with Crippen molar-refractivity contribution < 1.29 is 59.5 Å². The lowest BCUT2D eigenvalue weighted by atomic mass is 9.98. The minimum Gasteiger partial charge on any atom is -0.456 e. The van der Waals surface area contributed by atoms with Crippen LogP contribution in [0.25, 0.3) is 0 Å². The van der Waals surface area contributed by atoms with E-state index in [9.17, 15) is 40.5 Å². The van der Waals surface area contributed by atoms with Crippen LogP contribution in [0.2, 0.25) is 0 Å². The number of hydrogen-bond donors (Lipinski definition) is 7. The fraction of sp³-hybridized carbons (Fsp3) is 0.667. The molecule has 3 rings (SSSR count). The molecule has 12 nitrogen and oxygen atoms in total. The Morgan fingerprint density at radius 1 is 0.939 bits per heavy atom. The van der Waals surface area contributed by atoms with Gasteiger partial charge in [0, 0.05) is 6.42 Å². The highest BCUT2D eigenvalue weighted by atomic mass is 16.8. The molecule has 12 heteroatoms. The molecule has 0 bridgehead atoms. The number of ether oxygens (including phenoxy) is 4. The van der Waals surface area contributed by atoms with E-state index >= 15 is 0 Å². The van der Waals surface area contributed by atoms with E-state index in [-0.39, 0.29) is 6.42 Å². The smallest absolute Gasteiger partial charge is 0.306 e. The van der Waals surface area contributed by atoms with Crippen LogP contribution in [0.4, 0.5) is 0 Å². The molecule has 0 spiro atoms. The number of rotatable bonds is 9. The molecule has 0 aromatic heterocycles. The van der Waals surface area contributed by atoms with Gasteiger partial charge in [-0.15, -0.1) is 0 Å². The van der Waals surface area contributed by atoms with Crippen molar-refractivity contribution in [3.8, 4) is 0 Å². The molecule has 0 unspecified atom stereocenters. The summed E-state index contributed by atoms with van der Waals surface area (Å²) in [5.74, 6) is -3.02. The lowest BCUT2D eigenvalue weighted by molar-refractivity contribution is -0.383. The molecule has 2 aliphatic rings. The zero-order chi connectivity index (χ0) is 24.2. The summed E-state index contributed by atoms with van der Waals surface area (Å²) in [7, 11) is 0. The van der Waals surface area contributed by atoms with E-state index in [0.29, 0.717) is 6.42 Å². The maximum atomic E-state index is 12.4. The maximum absolute atomic E-state index is 12.4. The molecule has 0 aliphatic carbocycles. The topological polar surface area (TPSA) is 196 Å². The van der Waals surface area contributed by atoms with Crippen LogP contribution in [0, 0.1) is 0 Å². The summed E-state index contributed by atoms with van der Waals surface area (Å²) in [6, 6.07) is 9.11. The summed E-state index contributed by atoms with van der Waals surface area (Å²) < 4.78 is 21.3. The van der Waals surface area contributed by atoms with Gasteiger partial charge in [0.25, 0.3) is 0 Å². The van der Waals surface area contributed by atoms with Crippen molar-refractivity contribution in [1.29, 1.82) is 0 Å². The molecule has 1 aromatic rings. The maximum Gasteiger partial charge on any atom is 0.306 e. The number of aliphatic hydroxyl groups excluding tert-OH is 7. The molecule has 186 valence electrons. The highest BCUT2D eigenvalue weighted by molar-refractivity contribution is 5.70. The third-order valence-corrected chi connectivity index (χ3v) is 5.77. The lowest BCUT2D eigenvalue weighted by Gasteiger charge is -2.44. The summed E-state index contributed by atoms with van der Waals surface area (Å²) in [4.78, 5) is 12.4. The molecular formula is C21H30O12. The van der Waals surface area contributed by atoms with Gasteiger partial charge in [0.15, 0.2) is 12.4 Å². The van der Waals surface area contributed by atoms with Crippen LogP contribution in [0.15, 0.2) is 30.3 Å². The molecule has 0 radical (unpaired) electrons. The Hall–Kier alpha value is -1.71. The van der Waals surface area contributed by atoms with Crippen molar-refractivity contribution in [1.82, 2.24) is 0 Å². The van der Waals surface area contributed by atoms with Crippen molar-refractivity contribution >= 4 is 5.97 Å². The highest BCUT2D eigenvalue weighted by Crippen LogP contribution is 2.36. The molecule has 0 amide bonds. The van der Waals surface area contributed by atoms with Crippen LogP contribution in [0.1, 0.15) is 12.0 Å². The van der Waals surface area contributed by atoms with Crippen LogP contribution >= 0.6 is 0 Å². The van der Waals surface area contributed by atoms with Gasteiger partial charge in [0.1, 0.15) is 43.2 Å². The number of esters is 1. The van der Waals surface area contributed by atoms with Crippen LogP contribution in [0.3, 0.4) is 0 Å². The average Bonchev–Trinajstić information content (AvgIpc) is 3.07. The van der Waals surface area contributed by atoms with Gasteiger partial charge in [-0.25, -0.2) is 0 Å². The summed E-state index contributed by atoms with van der Waals surface area (Å²) in [6.07, 6.45) is -12.5. The normalized spacial score (nSPS) is 38.9. The lowest BCUT2D eigenvalue weighted by Crippen LogP contribution is -2.63. The fourth-order valence-electron chi connectivity index (χ4n) is 3.86. The zero-order valence-corrected chi connectivity index (χ0v) is 17.7. The Labute approximate surface area is 189 Å². The molecule has 2 fully saturated rings. The van der Waals surface area contributed by atoms with E-state index in [4.69, 9.17) is 18.9 Å². The first-order chi connectivity index (χ1) is 15.8. The minimum atomic E-state index is -2.29. The predicted octanol–water partition coefficient (Wildman–Crippen LogP) is -3.21. The number of hydrogen-bond acceptors (Lipinski definition) is 12. The first-order valence-corrected chi connectivity index (χ1v) is 10.6. The molecule has 7 N–H and O–H groups in total. The third-order valence-electron chi connectivity index (χ3n) is 5.77. The second kappa shape index (κ2) is 11.1. The van der Waals surface area contributed by atoms with Gasteiger partial charge in [0.2, 0.25) is 5.79 Å². The molecule has 33 heavy (non-hydrogen) atoms. The first kappa shape index (κ1) is 25.9. The van der Waals surface area contributed by atoms with Gasteiger partial charge in [-0.2, -0.15) is 0 Å². The van der Waals surface area contributed by atoms with E-state index < -0.39 is 80.6 Å². The molecule has 2 saturated heterocycles. The quantitative estimate of drug-likeness (QED) is 0.177. The second-order valence-corrected chi connectivity index (χ2v) is 8.01. The molecular weight excluding hydrogens is 444 g/mol. The number of benzene rings is 1. The molecule has 1 aromatic carbocycles. The van der Waals surface area contributed by atoms with Crippen LogP contribution < -0.4 is 0 Å². The summed E-state index contributed by atoms with van der Waals surface area (Å²) in [5, 5.41) is 70.0. The number of carbonyl (C=O) groups is 1. The molecule has 0 saturated carbocycles. The van der Waals surface area contributed by atoms with E-state index in [1.54, 1.807) is 0 Å². The van der Waals surface area contributed by atoms with E-state index in [0.717, 1.165) is 5.56 Å². The summed E-state index contributed by atoms with van der Waals surface area (Å²) in [5.41, 5.74) is 0.881. The SMILES string of the molecule is O=C(CCc1ccccc1)O[C@@H]1[C@@H](O)[C@@H](O[C@]2(CO)O[C@H](CO)[C@@H](O)[C@@H]2O)O[C@H](CO)[C@H]1O. The van der Waals surface area contributed by atoms with Gasteiger partial charge in [-0.3, -0.25) is 4.79 Å². The van der Waals surface area contributed by atoms with Gasteiger partial charge in [-0.1, -0.05) is 30.3 Å². The predicted molar refractivity (Wildman–Crippen MR) is 107 cm³/mol. The summed E-state index contributed by atoms with van der Waals surface area (Å²) in [6.45, 7) is -2.43. The van der Waals surface area contributed by atoms with Crippen LogP contribution in [0.5, 0.6) is 0 Å². The Kier molecular flexibility index (Phi) is 8.75. The van der Waals surface area contributed by atoms with Crippen LogP contribution in [-0.2, 0) is 30.2 Å². The van der Waals surface area contributed by atoms with Gasteiger partial charge in [-0.05, 0) is 12.0 Å². The Morgan fingerprint density at radius 3 is 2.18 bits per heavy atom. The third kappa shape index (κ3) is 5.52. The number of aryl methyl sites for hydroxylation is 1. The second-order valence-electron chi connectivity index (χ2n) is 8.01. The number of aliphatic hydroxyl groups is 7. The highest BCUT2D eigenvalue weighted by Gasteiger charge is 2.58. The zero-order valence-electron chi connectivity index (χ0n) is 17.7. The van der Waals surface area contributed by atoms with Crippen molar-refractivity contribution in [3.05, 3.63) is 35.9 Å². The Balaban J connectivity index is 1.71. The van der Waals surface area contributed by atoms with E-state index in [2.05, 4.69) is 0 Å². The minimum absolute atomic E-state index is 0.0527. The van der Waals surface area contributed by atoms with Crippen molar-refractivity contribution in [2.24, 2.45) is 0 Å². The monoisotopic (exact) mass is 474 g/mol. The van der Waals surface area contributed by atoms with E-state index in [1.807, 2.05) is 30.3 Å². The largest absolute Gasteiger partial charge is 0.456 e. The molecule has 9 atom stereocenters. The van der Waals surface area contributed by atoms with Crippen molar-refractivity contribution in [3.63, 3.8) is 0 Å². The van der Waals surface area contributed by atoms with Crippen molar-refractivity contribution in [2.75, 3.05) is 19.8 Å². The first-order valence-electron chi connectivity index (χ1n) is 10.6. The fourth-order valence-corrected chi connectivity index (χ4v) is 3.86. The number of carbonyl (C=O) groups excluding carboxylic acids is 1. The summed E-state index contributed by atoms with van der Waals surface area (Å²) >= 11 is 0. The molecule has 2 heterocycles. The Bertz CT molecular complexity index is 763. The van der Waals surface area contributed by atoms with Gasteiger partial charge < -0.3 is 54.7 Å². The average molecular weight is 474 g/mol. The van der Waals surface area contributed by atoms with Crippen molar-refractivity contribution in [2.45, 2.75) is 67.6 Å². The van der Waals surface area contributed by atoms with Gasteiger partial charge >= 0.3 is 5.97 Å². The standard InChI is InChI=1S/C21H30O12/c22-8-12-15(26)18(31-14(25)7-6-11-4-2-1-3-5-11)17(28)20(30-12)33-21(10-24)19(29)16(27)13(9-23)32-21/h1-5,12-13,15-20,22-24,26-29H,6-10H2/t12-,13-,15-,16-,17-,18+,19+,20-,21+/m1/s1. The van der Waals surface area contributed by atoms with Crippen LogP contribution in [-0.4, -0.2) is 116 Å². The Morgan fingerprint density at radius 2 is 1.61 bits per heavy atom. The van der Waals surface area contributed by atoms with E-state index in [1.165, 1.54) is 0 Å². The molecule has 2 aliphatic heterocycles.